The number of fused-ring (bicyclic) bond motifs is 1. The first kappa shape index (κ1) is 18.0. The van der Waals surface area contributed by atoms with E-state index in [4.69, 9.17) is 4.74 Å². The average molecular weight is 361 g/mol. The minimum absolute atomic E-state index is 0.0165. The van der Waals surface area contributed by atoms with E-state index in [0.29, 0.717) is 6.61 Å². The van der Waals surface area contributed by atoms with Crippen LogP contribution in [0.5, 0.6) is 0 Å². The van der Waals surface area contributed by atoms with E-state index in [2.05, 4.69) is 42.7 Å². The summed E-state index contributed by atoms with van der Waals surface area (Å²) in [5.41, 5.74) is 1.55. The van der Waals surface area contributed by atoms with Gasteiger partial charge in [0, 0.05) is 17.4 Å². The van der Waals surface area contributed by atoms with Crippen LogP contribution in [0.3, 0.4) is 0 Å². The number of hydrogen-bond donors (Lipinski definition) is 0. The summed E-state index contributed by atoms with van der Waals surface area (Å²) >= 11 is 0. The molecule has 1 amide bonds. The Morgan fingerprint density at radius 1 is 1.15 bits per heavy atom. The molecule has 0 aliphatic carbocycles. The molecule has 2 aromatic rings. The monoisotopic (exact) mass is 361 g/mol. The summed E-state index contributed by atoms with van der Waals surface area (Å²) in [5.74, 6) is 0.434. The highest BCUT2D eigenvalue weighted by molar-refractivity contribution is 5.82. The third kappa shape index (κ3) is 2.81. The molecule has 2 saturated heterocycles. The van der Waals surface area contributed by atoms with Crippen molar-refractivity contribution in [2.75, 3.05) is 6.61 Å². The zero-order valence-electron chi connectivity index (χ0n) is 15.9. The maximum atomic E-state index is 13.6. The third-order valence-electron chi connectivity index (χ3n) is 6.16. The van der Waals surface area contributed by atoms with Gasteiger partial charge in [0.25, 0.3) is 0 Å². The Morgan fingerprint density at radius 2 is 1.81 bits per heavy atom. The number of nitrogens with zero attached hydrogens (tertiary/aromatic N) is 1. The zero-order chi connectivity index (χ0) is 18.9. The number of benzene rings is 2. The van der Waals surface area contributed by atoms with Gasteiger partial charge in [-0.2, -0.15) is 0 Å². The number of allylic oxidation sites excluding steroid dienone is 1. The fourth-order valence-electron chi connectivity index (χ4n) is 4.91. The van der Waals surface area contributed by atoms with E-state index >= 15 is 0 Å². The smallest absolute Gasteiger partial charge is 0.229 e. The molecular formula is C24H27NO2. The highest BCUT2D eigenvalue weighted by Crippen LogP contribution is 2.54. The fraction of sp³-hybridized carbons (Fsp3) is 0.375. The Labute approximate surface area is 161 Å². The highest BCUT2D eigenvalue weighted by atomic mass is 16.5. The third-order valence-corrected chi connectivity index (χ3v) is 6.16. The van der Waals surface area contributed by atoms with Gasteiger partial charge in [0.15, 0.2) is 5.72 Å². The summed E-state index contributed by atoms with van der Waals surface area (Å²) in [4.78, 5) is 15.7. The van der Waals surface area contributed by atoms with Gasteiger partial charge >= 0.3 is 0 Å². The van der Waals surface area contributed by atoms with Crippen molar-refractivity contribution in [3.8, 4) is 0 Å². The standard InChI is InChI=1S/C24H27NO2/c1-3-11-19-16-20(4-2)24(21-14-9-6-10-15-21)25(23(19)26)22(17-27-24)18-12-7-5-8-13-18/h3,5-10,12-15,19-20,22H,1,4,11,16-17H2,2H3/t19-,20-,22-,24+/m0/s1. The van der Waals surface area contributed by atoms with Gasteiger partial charge in [-0.25, -0.2) is 0 Å². The van der Waals surface area contributed by atoms with Crippen LogP contribution in [0.25, 0.3) is 0 Å². The minimum atomic E-state index is -0.675. The van der Waals surface area contributed by atoms with Crippen LogP contribution >= 0.6 is 0 Å². The lowest BCUT2D eigenvalue weighted by Crippen LogP contribution is -2.57. The van der Waals surface area contributed by atoms with Gasteiger partial charge in [-0.3, -0.25) is 4.79 Å². The van der Waals surface area contributed by atoms with Gasteiger partial charge in [0.1, 0.15) is 0 Å². The van der Waals surface area contributed by atoms with Gasteiger partial charge in [0.2, 0.25) is 5.91 Å². The lowest BCUT2D eigenvalue weighted by Gasteiger charge is -2.50. The molecule has 4 rings (SSSR count). The van der Waals surface area contributed by atoms with E-state index in [1.54, 1.807) is 0 Å². The van der Waals surface area contributed by atoms with Gasteiger partial charge in [-0.15, -0.1) is 6.58 Å². The molecule has 2 aromatic carbocycles. The first-order valence-electron chi connectivity index (χ1n) is 9.90. The van der Waals surface area contributed by atoms with Crippen LogP contribution in [-0.4, -0.2) is 17.4 Å². The molecule has 0 bridgehead atoms. The van der Waals surface area contributed by atoms with Crippen molar-refractivity contribution >= 4 is 5.91 Å². The van der Waals surface area contributed by atoms with Crippen molar-refractivity contribution in [1.82, 2.24) is 4.90 Å². The molecule has 2 aliphatic rings. The zero-order valence-corrected chi connectivity index (χ0v) is 15.9. The molecule has 27 heavy (non-hydrogen) atoms. The number of piperidine rings is 1. The molecule has 2 aliphatic heterocycles. The van der Waals surface area contributed by atoms with Gasteiger partial charge < -0.3 is 9.64 Å². The molecule has 0 spiro atoms. The normalized spacial score (nSPS) is 30.2. The molecule has 4 atom stereocenters. The SMILES string of the molecule is C=CC[C@H]1C[C@H](CC)[C@]2(c3ccccc3)OC[C@@H](c3ccccc3)N2C1=O. The van der Waals surface area contributed by atoms with E-state index in [0.717, 1.165) is 30.4 Å². The van der Waals surface area contributed by atoms with Crippen molar-refractivity contribution in [3.63, 3.8) is 0 Å². The van der Waals surface area contributed by atoms with E-state index in [1.165, 1.54) is 0 Å². The fourth-order valence-corrected chi connectivity index (χ4v) is 4.91. The number of carbonyl (C=O) groups is 1. The van der Waals surface area contributed by atoms with E-state index in [1.807, 2.05) is 42.5 Å². The Morgan fingerprint density at radius 3 is 2.44 bits per heavy atom. The van der Waals surface area contributed by atoms with E-state index in [-0.39, 0.29) is 23.8 Å². The van der Waals surface area contributed by atoms with Crippen molar-refractivity contribution < 1.29 is 9.53 Å². The van der Waals surface area contributed by atoms with Crippen molar-refractivity contribution in [1.29, 1.82) is 0 Å². The van der Waals surface area contributed by atoms with Crippen LogP contribution in [0.1, 0.15) is 43.4 Å². The largest absolute Gasteiger partial charge is 0.348 e. The second kappa shape index (κ2) is 7.32. The molecular weight excluding hydrogens is 334 g/mol. The summed E-state index contributed by atoms with van der Waals surface area (Å²) in [6.07, 6.45) is 4.40. The number of hydrogen-bond acceptors (Lipinski definition) is 2. The Balaban J connectivity index is 1.86. The molecule has 2 fully saturated rings. The van der Waals surface area contributed by atoms with Crippen LogP contribution in [0, 0.1) is 11.8 Å². The van der Waals surface area contributed by atoms with Crippen LogP contribution in [0.15, 0.2) is 73.3 Å². The second-order valence-corrected chi connectivity index (χ2v) is 7.57. The Hall–Kier alpha value is -2.39. The Bertz CT molecular complexity index is 804. The first-order chi connectivity index (χ1) is 13.2. The lowest BCUT2D eigenvalue weighted by atomic mass is 9.74. The van der Waals surface area contributed by atoms with E-state index in [9.17, 15) is 4.79 Å². The Kier molecular flexibility index (Phi) is 4.88. The van der Waals surface area contributed by atoms with Crippen molar-refractivity contribution in [3.05, 3.63) is 84.4 Å². The average Bonchev–Trinajstić information content (AvgIpc) is 3.14. The van der Waals surface area contributed by atoms with Crippen molar-refractivity contribution in [2.24, 2.45) is 11.8 Å². The number of ether oxygens (including phenoxy) is 1. The molecule has 0 saturated carbocycles. The van der Waals surface area contributed by atoms with Crippen LogP contribution < -0.4 is 0 Å². The number of amides is 1. The molecule has 3 heteroatoms. The maximum Gasteiger partial charge on any atom is 0.229 e. The summed E-state index contributed by atoms with van der Waals surface area (Å²) < 4.78 is 6.58. The summed E-state index contributed by atoms with van der Waals surface area (Å²) in [6, 6.07) is 20.5. The second-order valence-electron chi connectivity index (χ2n) is 7.57. The molecule has 0 unspecified atom stereocenters. The highest BCUT2D eigenvalue weighted by Gasteiger charge is 2.59. The number of rotatable bonds is 5. The van der Waals surface area contributed by atoms with Crippen molar-refractivity contribution in [2.45, 2.75) is 38.0 Å². The van der Waals surface area contributed by atoms with Gasteiger partial charge in [0.05, 0.1) is 12.6 Å². The molecule has 0 radical (unpaired) electrons. The lowest BCUT2D eigenvalue weighted by molar-refractivity contribution is -0.189. The van der Waals surface area contributed by atoms with Gasteiger partial charge in [-0.05, 0) is 24.8 Å². The predicted molar refractivity (Wildman–Crippen MR) is 107 cm³/mol. The molecule has 0 aromatic heterocycles. The van der Waals surface area contributed by atoms with Crippen LogP contribution in [0.4, 0.5) is 0 Å². The summed E-state index contributed by atoms with van der Waals surface area (Å²) in [7, 11) is 0. The first-order valence-corrected chi connectivity index (χ1v) is 9.90. The van der Waals surface area contributed by atoms with Crippen LogP contribution in [-0.2, 0) is 15.3 Å². The molecule has 0 N–H and O–H groups in total. The van der Waals surface area contributed by atoms with Crippen LogP contribution in [0.2, 0.25) is 0 Å². The maximum absolute atomic E-state index is 13.6. The predicted octanol–water partition coefficient (Wildman–Crippen LogP) is 5.06. The molecule has 2 heterocycles. The summed E-state index contributed by atoms with van der Waals surface area (Å²) in [5, 5.41) is 0. The number of carbonyl (C=O) groups excluding carboxylic acids is 1. The van der Waals surface area contributed by atoms with Gasteiger partial charge in [-0.1, -0.05) is 73.7 Å². The quantitative estimate of drug-likeness (QED) is 0.697. The minimum Gasteiger partial charge on any atom is -0.348 e. The molecule has 3 nitrogen and oxygen atoms in total. The molecule has 140 valence electrons. The van der Waals surface area contributed by atoms with E-state index < -0.39 is 5.72 Å². The summed E-state index contributed by atoms with van der Waals surface area (Å²) in [6.45, 7) is 6.61. The topological polar surface area (TPSA) is 29.5 Å².